The van der Waals surface area contributed by atoms with Crippen LogP contribution in [-0.4, -0.2) is 24.4 Å². The van der Waals surface area contributed by atoms with Crippen LogP contribution in [0.3, 0.4) is 0 Å². The average Bonchev–Trinajstić information content (AvgIpc) is 2.65. The molecule has 0 saturated heterocycles. The first-order chi connectivity index (χ1) is 13.0. The number of nitrogens with two attached hydrogens (primary N) is 2. The molecule has 0 aliphatic heterocycles. The van der Waals surface area contributed by atoms with Crippen molar-refractivity contribution in [3.8, 4) is 0 Å². The average molecular weight is 368 g/mol. The van der Waals surface area contributed by atoms with Crippen molar-refractivity contribution in [3.63, 3.8) is 0 Å². The molecule has 142 valence electrons. The highest BCUT2D eigenvalue weighted by molar-refractivity contribution is 5.95. The monoisotopic (exact) mass is 368 g/mol. The maximum Gasteiger partial charge on any atom is 0.306 e. The molecular weight excluding hydrogens is 344 g/mol. The minimum atomic E-state index is -0.223. The minimum absolute atomic E-state index is 0.0628. The number of carbonyl (C=O) groups is 2. The Hall–Kier alpha value is -3.35. The van der Waals surface area contributed by atoms with Crippen LogP contribution in [-0.2, 0) is 22.5 Å². The Morgan fingerprint density at radius 2 is 1.81 bits per heavy atom. The predicted molar refractivity (Wildman–Crippen MR) is 104 cm³/mol. The topological polar surface area (TPSA) is 120 Å². The second kappa shape index (κ2) is 9.96. The number of ether oxygens (including phenoxy) is 1. The molecule has 0 unspecified atom stereocenters. The Kier molecular flexibility index (Phi) is 7.37. The van der Waals surface area contributed by atoms with E-state index in [1.165, 1.54) is 0 Å². The minimum Gasteiger partial charge on any atom is -0.466 e. The van der Waals surface area contributed by atoms with Gasteiger partial charge in [-0.3, -0.25) is 9.59 Å². The second-order valence-electron chi connectivity index (χ2n) is 5.89. The lowest BCUT2D eigenvalue weighted by molar-refractivity contribution is -0.143. The zero-order valence-corrected chi connectivity index (χ0v) is 15.3. The zero-order valence-electron chi connectivity index (χ0n) is 15.3. The van der Waals surface area contributed by atoms with Gasteiger partial charge in [-0.05, 0) is 42.7 Å². The number of esters is 1. The molecule has 0 heterocycles. The molecule has 0 aliphatic carbocycles. The molecule has 7 nitrogen and oxygen atoms in total. The summed E-state index contributed by atoms with van der Waals surface area (Å²) < 4.78 is 4.93. The van der Waals surface area contributed by atoms with Crippen molar-refractivity contribution in [2.24, 2.45) is 16.5 Å². The Morgan fingerprint density at radius 3 is 2.56 bits per heavy atom. The van der Waals surface area contributed by atoms with Crippen LogP contribution >= 0.6 is 0 Å². The lowest BCUT2D eigenvalue weighted by atomic mass is 10.1. The van der Waals surface area contributed by atoms with Gasteiger partial charge >= 0.3 is 5.97 Å². The maximum atomic E-state index is 12.3. The third kappa shape index (κ3) is 6.81. The van der Waals surface area contributed by atoms with E-state index in [4.69, 9.17) is 16.2 Å². The van der Waals surface area contributed by atoms with Crippen LogP contribution < -0.4 is 16.8 Å². The smallest absolute Gasteiger partial charge is 0.306 e. The highest BCUT2D eigenvalue weighted by Gasteiger charge is 2.07. The Balaban J connectivity index is 1.94. The summed E-state index contributed by atoms with van der Waals surface area (Å²) in [5, 5.41) is 2.87. The van der Waals surface area contributed by atoms with Crippen LogP contribution in [0.4, 0.5) is 5.69 Å². The third-order valence-corrected chi connectivity index (χ3v) is 3.73. The van der Waals surface area contributed by atoms with Crippen LogP contribution in [0.25, 0.3) is 0 Å². The van der Waals surface area contributed by atoms with E-state index in [2.05, 4.69) is 10.3 Å². The summed E-state index contributed by atoms with van der Waals surface area (Å²) in [7, 11) is 0. The molecule has 1 amide bonds. The molecule has 0 saturated carbocycles. The van der Waals surface area contributed by atoms with Crippen LogP contribution in [0.5, 0.6) is 0 Å². The number of aryl methyl sites for hydroxylation is 1. The zero-order chi connectivity index (χ0) is 19.6. The number of aliphatic imine (C=N–C) groups is 1. The van der Waals surface area contributed by atoms with Crippen molar-refractivity contribution in [3.05, 3.63) is 65.2 Å². The van der Waals surface area contributed by atoms with Gasteiger partial charge in [0, 0.05) is 18.5 Å². The molecule has 5 N–H and O–H groups in total. The van der Waals surface area contributed by atoms with Gasteiger partial charge in [-0.1, -0.05) is 30.3 Å². The maximum absolute atomic E-state index is 12.3. The molecule has 0 atom stereocenters. The van der Waals surface area contributed by atoms with Gasteiger partial charge in [-0.2, -0.15) is 0 Å². The van der Waals surface area contributed by atoms with Gasteiger partial charge < -0.3 is 21.5 Å². The van der Waals surface area contributed by atoms with E-state index in [9.17, 15) is 9.59 Å². The molecular formula is C20H24N4O3. The highest BCUT2D eigenvalue weighted by atomic mass is 16.5. The molecule has 0 aliphatic rings. The number of nitrogens with zero attached hydrogens (tertiary/aromatic N) is 1. The largest absolute Gasteiger partial charge is 0.466 e. The van der Waals surface area contributed by atoms with Gasteiger partial charge in [-0.15, -0.1) is 0 Å². The van der Waals surface area contributed by atoms with E-state index in [0.717, 1.165) is 11.1 Å². The number of rotatable bonds is 8. The normalized spacial score (nSPS) is 10.1. The van der Waals surface area contributed by atoms with Crippen molar-refractivity contribution in [1.29, 1.82) is 0 Å². The van der Waals surface area contributed by atoms with E-state index in [0.29, 0.717) is 37.2 Å². The molecule has 0 aromatic heterocycles. The van der Waals surface area contributed by atoms with Gasteiger partial charge in [-0.25, -0.2) is 4.99 Å². The quantitative estimate of drug-likeness (QED) is 0.374. The van der Waals surface area contributed by atoms with Crippen molar-refractivity contribution in [2.45, 2.75) is 26.3 Å². The first-order valence-corrected chi connectivity index (χ1v) is 8.69. The molecule has 2 aromatic rings. The number of amides is 1. The second-order valence-corrected chi connectivity index (χ2v) is 5.89. The molecule has 0 fully saturated rings. The van der Waals surface area contributed by atoms with Gasteiger partial charge in [0.05, 0.1) is 12.3 Å². The van der Waals surface area contributed by atoms with Crippen molar-refractivity contribution < 1.29 is 14.3 Å². The van der Waals surface area contributed by atoms with E-state index in [-0.39, 0.29) is 17.8 Å². The first-order valence-electron chi connectivity index (χ1n) is 8.69. The number of hydrogen-bond donors (Lipinski definition) is 3. The fourth-order valence-corrected chi connectivity index (χ4v) is 2.52. The number of guanidine groups is 1. The molecule has 2 rings (SSSR count). The molecule has 0 spiro atoms. The molecule has 27 heavy (non-hydrogen) atoms. The van der Waals surface area contributed by atoms with E-state index in [1.54, 1.807) is 31.2 Å². The Labute approximate surface area is 158 Å². The number of carbonyl (C=O) groups excluding carboxylic acids is 2. The number of hydrogen-bond acceptors (Lipinski definition) is 4. The molecule has 2 aromatic carbocycles. The summed E-state index contributed by atoms with van der Waals surface area (Å²) in [5.41, 5.74) is 13.7. The standard InChI is InChI=1S/C20H24N4O3/c1-2-27-18(25)10-9-14-5-3-6-15(11-14)13-23-19(26)16-7-4-8-17(12-16)24-20(21)22/h3-8,11-12H,2,9-10,13H2,1H3,(H,23,26)(H4,21,22,24). The fraction of sp³-hybridized carbons (Fsp3) is 0.250. The number of benzene rings is 2. The molecule has 7 heteroatoms. The number of nitrogens with one attached hydrogen (secondary N) is 1. The molecule has 0 radical (unpaired) electrons. The van der Waals surface area contributed by atoms with Gasteiger partial charge in [0.2, 0.25) is 0 Å². The first kappa shape index (κ1) is 20.0. The lowest BCUT2D eigenvalue weighted by Crippen LogP contribution is -2.23. The molecule has 0 bridgehead atoms. The summed E-state index contributed by atoms with van der Waals surface area (Å²) in [6.45, 7) is 2.54. The van der Waals surface area contributed by atoms with Crippen LogP contribution in [0.2, 0.25) is 0 Å². The third-order valence-electron chi connectivity index (χ3n) is 3.73. The summed E-state index contributed by atoms with van der Waals surface area (Å²) in [4.78, 5) is 27.7. The predicted octanol–water partition coefficient (Wildman–Crippen LogP) is 2.02. The van der Waals surface area contributed by atoms with Gasteiger partial charge in [0.15, 0.2) is 5.96 Å². The van der Waals surface area contributed by atoms with Crippen LogP contribution in [0.1, 0.15) is 34.8 Å². The van der Waals surface area contributed by atoms with E-state index in [1.807, 2.05) is 24.3 Å². The highest BCUT2D eigenvalue weighted by Crippen LogP contribution is 2.14. The van der Waals surface area contributed by atoms with Crippen molar-refractivity contribution >= 4 is 23.5 Å². The summed E-state index contributed by atoms with van der Waals surface area (Å²) in [5.74, 6) is -0.497. The lowest BCUT2D eigenvalue weighted by Gasteiger charge is -2.08. The summed E-state index contributed by atoms with van der Waals surface area (Å²) >= 11 is 0. The Morgan fingerprint density at radius 1 is 1.07 bits per heavy atom. The van der Waals surface area contributed by atoms with Crippen LogP contribution in [0.15, 0.2) is 53.5 Å². The Bertz CT molecular complexity index is 829. The van der Waals surface area contributed by atoms with Gasteiger partial charge in [0.25, 0.3) is 5.91 Å². The van der Waals surface area contributed by atoms with Crippen LogP contribution in [0, 0.1) is 0 Å². The van der Waals surface area contributed by atoms with E-state index >= 15 is 0 Å². The summed E-state index contributed by atoms with van der Waals surface area (Å²) in [6.07, 6.45) is 0.933. The van der Waals surface area contributed by atoms with E-state index < -0.39 is 0 Å². The van der Waals surface area contributed by atoms with Crippen molar-refractivity contribution in [1.82, 2.24) is 5.32 Å². The SMILES string of the molecule is CCOC(=O)CCc1cccc(CNC(=O)c2cccc(N=C(N)N)c2)c1. The van der Waals surface area contributed by atoms with Crippen molar-refractivity contribution in [2.75, 3.05) is 6.61 Å². The van der Waals surface area contributed by atoms with Gasteiger partial charge in [0.1, 0.15) is 0 Å². The summed E-state index contributed by atoms with van der Waals surface area (Å²) in [6, 6.07) is 14.5. The fourth-order valence-electron chi connectivity index (χ4n) is 2.52.